The number of nitrogens with zero attached hydrogens (tertiary/aromatic N) is 2. The smallest absolute Gasteiger partial charge is 0.261 e. The van der Waals surface area contributed by atoms with Crippen LogP contribution in [0.15, 0.2) is 0 Å². The molecule has 5 heteroatoms. The molecule has 0 saturated carbocycles. The van der Waals surface area contributed by atoms with Crippen molar-refractivity contribution < 1.29 is 12.6 Å². The van der Waals surface area contributed by atoms with Crippen LogP contribution in [-0.4, -0.2) is 32.3 Å². The summed E-state index contributed by atoms with van der Waals surface area (Å²) in [6.45, 7) is 5.33. The Morgan fingerprint density at radius 2 is 2.00 bits per heavy atom. The van der Waals surface area contributed by atoms with Gasteiger partial charge in [0, 0.05) is 0 Å². The van der Waals surface area contributed by atoms with Gasteiger partial charge in [0.15, 0.2) is 0 Å². The highest BCUT2D eigenvalue weighted by Gasteiger charge is 2.30. The molecule has 0 radical (unpaired) electrons. The molecule has 70 valence electrons. The molecule has 0 aliphatic heterocycles. The second-order valence-corrected chi connectivity index (χ2v) is 3.79. The summed E-state index contributed by atoms with van der Waals surface area (Å²) in [5.41, 5.74) is 0. The molecule has 0 aromatic heterocycles. The minimum atomic E-state index is -1.88. The number of rotatable bonds is 5. The van der Waals surface area contributed by atoms with E-state index in [1.165, 1.54) is 0 Å². The second-order valence-electron chi connectivity index (χ2n) is 2.55. The Kier molecular flexibility index (Phi) is 5.06. The van der Waals surface area contributed by atoms with Gasteiger partial charge < -0.3 is 0 Å². The van der Waals surface area contributed by atoms with Gasteiger partial charge in [-0.25, -0.2) is 3.89 Å². The van der Waals surface area contributed by atoms with Gasteiger partial charge in [0.1, 0.15) is 6.54 Å². The van der Waals surface area contributed by atoms with Crippen molar-refractivity contribution in [2.24, 2.45) is 0 Å². The van der Waals surface area contributed by atoms with Gasteiger partial charge in [-0.3, -0.25) is 4.55 Å². The molecule has 0 saturated heterocycles. The molecule has 0 rings (SSSR count). The summed E-state index contributed by atoms with van der Waals surface area (Å²) in [7, 11) is 0. The molecule has 0 amide bonds. The molecular weight excluding hydrogens is 176 g/mol. The molecule has 0 aliphatic carbocycles. The zero-order valence-corrected chi connectivity index (χ0v) is 8.30. The lowest BCUT2D eigenvalue weighted by Crippen LogP contribution is -2.49. The van der Waals surface area contributed by atoms with Gasteiger partial charge in [-0.15, -0.1) is 0 Å². The topological polar surface area (TPSA) is 61.1 Å². The van der Waals surface area contributed by atoms with Crippen LogP contribution in [0.1, 0.15) is 20.3 Å². The third-order valence-corrected chi connectivity index (χ3v) is 3.48. The van der Waals surface area contributed by atoms with Crippen LogP contribution in [0, 0.1) is 11.3 Å². The van der Waals surface area contributed by atoms with Crippen LogP contribution >= 0.6 is 0 Å². The van der Waals surface area contributed by atoms with E-state index in [1.807, 2.05) is 19.9 Å². The van der Waals surface area contributed by atoms with Crippen LogP contribution in [0.4, 0.5) is 0 Å². The Morgan fingerprint density at radius 1 is 1.50 bits per heavy atom. The van der Waals surface area contributed by atoms with Gasteiger partial charge in [0.25, 0.3) is 0 Å². The summed E-state index contributed by atoms with van der Waals surface area (Å²) in [6, 6.07) is 1.99. The molecule has 0 aromatic carbocycles. The van der Waals surface area contributed by atoms with Crippen molar-refractivity contribution in [1.82, 2.24) is 0 Å². The first-order chi connectivity index (χ1) is 5.63. The number of quaternary nitrogens is 1. The predicted molar refractivity (Wildman–Crippen MR) is 47.2 cm³/mol. The fourth-order valence-electron chi connectivity index (χ4n) is 1.09. The first-order valence-electron chi connectivity index (χ1n) is 3.97. The minimum Gasteiger partial charge on any atom is -0.261 e. The van der Waals surface area contributed by atoms with Crippen molar-refractivity contribution in [3.63, 3.8) is 0 Å². The molecule has 0 bridgehead atoms. The summed E-state index contributed by atoms with van der Waals surface area (Å²) < 4.78 is 20.1. The first kappa shape index (κ1) is 11.6. The van der Waals surface area contributed by atoms with Gasteiger partial charge in [0.05, 0.1) is 25.6 Å². The summed E-state index contributed by atoms with van der Waals surface area (Å²) in [5.74, 6) is 0. The van der Waals surface area contributed by atoms with Crippen molar-refractivity contribution in [1.29, 1.82) is 5.26 Å². The van der Waals surface area contributed by atoms with Gasteiger partial charge in [0.2, 0.25) is 0 Å². The van der Waals surface area contributed by atoms with E-state index in [0.29, 0.717) is 26.1 Å². The summed E-state index contributed by atoms with van der Waals surface area (Å²) >= 11 is -1.88. The summed E-state index contributed by atoms with van der Waals surface area (Å²) in [5, 5.41) is 8.36. The average molecular weight is 191 g/mol. The highest BCUT2D eigenvalue weighted by Crippen LogP contribution is 2.10. The van der Waals surface area contributed by atoms with Gasteiger partial charge >= 0.3 is 11.3 Å². The average Bonchev–Trinajstić information content (AvgIpc) is 2.07. The van der Waals surface area contributed by atoms with E-state index in [2.05, 4.69) is 0 Å². The highest BCUT2D eigenvalue weighted by molar-refractivity contribution is 7.73. The second kappa shape index (κ2) is 5.25. The standard InChI is InChI=1S/C7H14N2O2S/c1-3-9(4-2,12(10)11)7-5-6-8/h3-5,7H2,1-2H3/p+1. The van der Waals surface area contributed by atoms with E-state index < -0.39 is 11.3 Å². The van der Waals surface area contributed by atoms with E-state index in [9.17, 15) is 4.21 Å². The largest absolute Gasteiger partial charge is 0.358 e. The van der Waals surface area contributed by atoms with Crippen molar-refractivity contribution in [3.05, 3.63) is 0 Å². The molecule has 0 aromatic rings. The Balaban J connectivity index is 4.38. The van der Waals surface area contributed by atoms with E-state index in [4.69, 9.17) is 9.81 Å². The van der Waals surface area contributed by atoms with Crippen molar-refractivity contribution >= 4 is 11.3 Å². The normalized spacial score (nSPS) is 13.8. The zero-order chi connectivity index (χ0) is 9.61. The van der Waals surface area contributed by atoms with E-state index in [0.717, 1.165) is 0 Å². The molecule has 0 fully saturated rings. The zero-order valence-electron chi connectivity index (χ0n) is 7.49. The SMILES string of the molecule is CC[N+](CC)(CCC#N)S(=O)O. The molecule has 0 spiro atoms. The molecule has 1 N–H and O–H groups in total. The van der Waals surface area contributed by atoms with Crippen molar-refractivity contribution in [2.75, 3.05) is 19.6 Å². The lowest BCUT2D eigenvalue weighted by Gasteiger charge is -2.29. The fraction of sp³-hybridized carbons (Fsp3) is 0.857. The number of nitriles is 1. The maximum Gasteiger partial charge on any atom is 0.358 e. The minimum absolute atomic E-state index is 0.105. The van der Waals surface area contributed by atoms with Crippen LogP contribution < -0.4 is 0 Å². The van der Waals surface area contributed by atoms with E-state index in [-0.39, 0.29) is 3.89 Å². The van der Waals surface area contributed by atoms with Crippen LogP contribution in [0.3, 0.4) is 0 Å². The highest BCUT2D eigenvalue weighted by atomic mass is 32.2. The maximum absolute atomic E-state index is 11.0. The summed E-state index contributed by atoms with van der Waals surface area (Å²) in [6.07, 6.45) is 0.327. The van der Waals surface area contributed by atoms with Gasteiger partial charge in [-0.05, 0) is 13.8 Å². The van der Waals surface area contributed by atoms with Crippen molar-refractivity contribution in [2.45, 2.75) is 20.3 Å². The molecule has 4 nitrogen and oxygen atoms in total. The molecule has 1 atom stereocenters. The van der Waals surface area contributed by atoms with Crippen LogP contribution in [-0.2, 0) is 11.3 Å². The quantitative estimate of drug-likeness (QED) is 0.518. The lowest BCUT2D eigenvalue weighted by molar-refractivity contribution is -0.801. The maximum atomic E-state index is 11.0. The molecule has 0 heterocycles. The monoisotopic (exact) mass is 191 g/mol. The Morgan fingerprint density at radius 3 is 2.25 bits per heavy atom. The van der Waals surface area contributed by atoms with E-state index in [1.54, 1.807) is 0 Å². The van der Waals surface area contributed by atoms with Crippen LogP contribution in [0.25, 0.3) is 0 Å². The Bertz CT molecular complexity index is 196. The van der Waals surface area contributed by atoms with Crippen molar-refractivity contribution in [3.8, 4) is 6.07 Å². The van der Waals surface area contributed by atoms with Crippen LogP contribution in [0.5, 0.6) is 0 Å². The van der Waals surface area contributed by atoms with E-state index >= 15 is 0 Å². The summed E-state index contributed by atoms with van der Waals surface area (Å²) in [4.78, 5) is 0. The Hall–Kier alpha value is -0.440. The third kappa shape index (κ3) is 2.55. The van der Waals surface area contributed by atoms with Gasteiger partial charge in [-0.1, -0.05) is 0 Å². The molecule has 1 unspecified atom stereocenters. The molecule has 0 aliphatic rings. The van der Waals surface area contributed by atoms with Gasteiger partial charge in [-0.2, -0.15) is 9.47 Å². The Labute approximate surface area is 75.8 Å². The van der Waals surface area contributed by atoms with Crippen LogP contribution in [0.2, 0.25) is 0 Å². The third-order valence-electron chi connectivity index (χ3n) is 2.12. The molecule has 12 heavy (non-hydrogen) atoms. The fourth-order valence-corrected chi connectivity index (χ4v) is 1.78. The first-order valence-corrected chi connectivity index (χ1v) is 5.04. The predicted octanol–water partition coefficient (Wildman–Crippen LogP) is 0.893. The molecular formula is C7H15N2O2S+. The number of hydrogen-bond acceptors (Lipinski definition) is 2. The lowest BCUT2D eigenvalue weighted by atomic mass is 10.4. The number of hydrogen-bond donors (Lipinski definition) is 1.